The number of rotatable bonds is 3. The maximum absolute atomic E-state index is 10.1. The molecule has 1 N–H and O–H groups in total. The van der Waals surface area contributed by atoms with E-state index in [1.165, 1.54) is 4.70 Å². The van der Waals surface area contributed by atoms with E-state index < -0.39 is 0 Å². The van der Waals surface area contributed by atoms with Gasteiger partial charge in [0, 0.05) is 16.9 Å². The summed E-state index contributed by atoms with van der Waals surface area (Å²) in [4.78, 5) is 4.73. The lowest BCUT2D eigenvalue weighted by atomic mass is 10.0. The van der Waals surface area contributed by atoms with Gasteiger partial charge in [-0.1, -0.05) is 30.3 Å². The summed E-state index contributed by atoms with van der Waals surface area (Å²) in [6, 6.07) is 18.3. The van der Waals surface area contributed by atoms with Gasteiger partial charge in [0.1, 0.15) is 10.8 Å². The van der Waals surface area contributed by atoms with Gasteiger partial charge in [-0.25, -0.2) is 4.98 Å². The second-order valence-corrected chi connectivity index (χ2v) is 7.32. The first-order valence-corrected chi connectivity index (χ1v) is 9.57. The fourth-order valence-corrected chi connectivity index (χ4v) is 4.36. The predicted octanol–water partition coefficient (Wildman–Crippen LogP) is 5.69. The molecule has 0 saturated heterocycles. The van der Waals surface area contributed by atoms with Gasteiger partial charge in [-0.05, 0) is 41.3 Å². The van der Waals surface area contributed by atoms with Gasteiger partial charge < -0.3 is 5.11 Å². The van der Waals surface area contributed by atoms with Gasteiger partial charge in [-0.3, -0.25) is 0 Å². The van der Waals surface area contributed by atoms with Crippen molar-refractivity contribution in [1.29, 1.82) is 0 Å². The van der Waals surface area contributed by atoms with Crippen LogP contribution in [0.25, 0.3) is 31.6 Å². The van der Waals surface area contributed by atoms with Crippen LogP contribution in [0.3, 0.4) is 0 Å². The zero-order valence-corrected chi connectivity index (χ0v) is 14.2. The third kappa shape index (κ3) is 2.58. The largest absolute Gasteiger partial charge is 0.508 e. The van der Waals surface area contributed by atoms with Crippen LogP contribution in [0, 0.1) is 0 Å². The average molecular weight is 337 g/mol. The molecule has 0 aliphatic carbocycles. The number of hydrogen-bond acceptors (Lipinski definition) is 4. The number of aromatic nitrogens is 1. The smallest absolute Gasteiger partial charge is 0.124 e. The van der Waals surface area contributed by atoms with E-state index in [1.54, 1.807) is 29.2 Å². The second-order valence-electron chi connectivity index (χ2n) is 5.42. The molecular weight excluding hydrogens is 322 g/mol. The van der Waals surface area contributed by atoms with Crippen molar-refractivity contribution >= 4 is 44.1 Å². The molecule has 0 aliphatic rings. The Morgan fingerprint density at radius 2 is 1.96 bits per heavy atom. The molecule has 4 heteroatoms. The Bertz CT molecular complexity index is 974. The van der Waals surface area contributed by atoms with Crippen molar-refractivity contribution in [2.45, 2.75) is 5.75 Å². The van der Waals surface area contributed by atoms with Crippen molar-refractivity contribution in [3.05, 3.63) is 60.2 Å². The summed E-state index contributed by atoms with van der Waals surface area (Å²) >= 11 is 3.43. The molecule has 1 heterocycles. The molecule has 114 valence electrons. The molecule has 4 aromatic rings. The number of thiazole rings is 1. The van der Waals surface area contributed by atoms with Gasteiger partial charge in [0.2, 0.25) is 0 Å². The molecule has 3 aromatic carbocycles. The highest BCUT2D eigenvalue weighted by atomic mass is 32.2. The lowest BCUT2D eigenvalue weighted by Crippen LogP contribution is -1.86. The number of hydrogen-bond donors (Lipinski definition) is 1. The van der Waals surface area contributed by atoms with Crippen molar-refractivity contribution < 1.29 is 5.11 Å². The molecule has 0 radical (unpaired) electrons. The molecule has 0 bridgehead atoms. The lowest BCUT2D eigenvalue weighted by molar-refractivity contribution is 0.472. The van der Waals surface area contributed by atoms with Gasteiger partial charge in [0.05, 0.1) is 10.2 Å². The van der Waals surface area contributed by atoms with Crippen LogP contribution in [-0.2, 0) is 5.75 Å². The Labute approximate surface area is 142 Å². The molecule has 4 rings (SSSR count). The number of aromatic hydroxyl groups is 1. The fraction of sp³-hybridized carbons (Fsp3) is 0.105. The zero-order valence-electron chi connectivity index (χ0n) is 12.6. The first-order chi connectivity index (χ1) is 11.3. The standard InChI is InChI=1S/C19H15NOS2/c1-22-11-15-14-8-6-13(10-12(14)7-9-17(15)21)19-20-16-4-2-3-5-18(16)23-19/h2-10,21H,11H2,1H3. The molecule has 0 saturated carbocycles. The maximum atomic E-state index is 10.1. The van der Waals surface area contributed by atoms with Crippen molar-refractivity contribution in [3.8, 4) is 16.3 Å². The first kappa shape index (κ1) is 14.5. The predicted molar refractivity (Wildman–Crippen MR) is 101 cm³/mol. The SMILES string of the molecule is CSCc1c(O)ccc2cc(-c3nc4ccccc4s3)ccc12. The van der Waals surface area contributed by atoms with Gasteiger partial charge in [-0.2, -0.15) is 11.8 Å². The Kier molecular flexibility index (Phi) is 3.71. The minimum Gasteiger partial charge on any atom is -0.508 e. The number of phenols is 1. The van der Waals surface area contributed by atoms with Crippen molar-refractivity contribution in [2.75, 3.05) is 6.26 Å². The molecule has 0 fully saturated rings. The highest BCUT2D eigenvalue weighted by molar-refractivity contribution is 7.97. The molecule has 0 amide bonds. The molecule has 0 spiro atoms. The van der Waals surface area contributed by atoms with Crippen LogP contribution in [0.5, 0.6) is 5.75 Å². The van der Waals surface area contributed by atoms with E-state index in [0.717, 1.165) is 38.2 Å². The lowest BCUT2D eigenvalue weighted by Gasteiger charge is -2.09. The Morgan fingerprint density at radius 1 is 1.09 bits per heavy atom. The summed E-state index contributed by atoms with van der Waals surface area (Å²) in [5.41, 5.74) is 3.17. The topological polar surface area (TPSA) is 33.1 Å². The van der Waals surface area contributed by atoms with Gasteiger partial charge in [0.25, 0.3) is 0 Å². The molecular formula is C19H15NOS2. The number of fused-ring (bicyclic) bond motifs is 2. The van der Waals surface area contributed by atoms with Crippen LogP contribution in [-0.4, -0.2) is 16.3 Å². The summed E-state index contributed by atoms with van der Waals surface area (Å²) in [6.07, 6.45) is 2.05. The van der Waals surface area contributed by atoms with Gasteiger partial charge in [-0.15, -0.1) is 11.3 Å². The molecule has 0 aliphatic heterocycles. The van der Waals surface area contributed by atoms with Crippen LogP contribution >= 0.6 is 23.1 Å². The molecule has 0 unspecified atom stereocenters. The quantitative estimate of drug-likeness (QED) is 0.522. The number of thioether (sulfide) groups is 1. The van der Waals surface area contributed by atoms with Crippen molar-refractivity contribution in [1.82, 2.24) is 4.98 Å². The normalized spacial score (nSPS) is 11.3. The van der Waals surface area contributed by atoms with E-state index in [9.17, 15) is 5.11 Å². The number of benzene rings is 3. The highest BCUT2D eigenvalue weighted by Gasteiger charge is 2.10. The molecule has 0 atom stereocenters. The van der Waals surface area contributed by atoms with Crippen LogP contribution < -0.4 is 0 Å². The zero-order chi connectivity index (χ0) is 15.8. The first-order valence-electron chi connectivity index (χ1n) is 7.36. The van der Waals surface area contributed by atoms with Gasteiger partial charge >= 0.3 is 0 Å². The maximum Gasteiger partial charge on any atom is 0.124 e. The number of para-hydroxylation sites is 1. The average Bonchev–Trinajstić information content (AvgIpc) is 3.01. The molecule has 23 heavy (non-hydrogen) atoms. The van der Waals surface area contributed by atoms with Crippen molar-refractivity contribution in [2.24, 2.45) is 0 Å². The van der Waals surface area contributed by atoms with Crippen LogP contribution in [0.4, 0.5) is 0 Å². The minimum atomic E-state index is 0.375. The Balaban J connectivity index is 1.87. The number of nitrogens with zero attached hydrogens (tertiary/aromatic N) is 1. The molecule has 2 nitrogen and oxygen atoms in total. The molecule has 1 aromatic heterocycles. The Hall–Kier alpha value is -2.04. The Morgan fingerprint density at radius 3 is 2.78 bits per heavy atom. The summed E-state index contributed by atoms with van der Waals surface area (Å²) in [5.74, 6) is 1.18. The van der Waals surface area contributed by atoms with Crippen LogP contribution in [0.2, 0.25) is 0 Å². The van der Waals surface area contributed by atoms with E-state index in [0.29, 0.717) is 5.75 Å². The van der Waals surface area contributed by atoms with E-state index in [1.807, 2.05) is 30.5 Å². The van der Waals surface area contributed by atoms with E-state index >= 15 is 0 Å². The van der Waals surface area contributed by atoms with Crippen LogP contribution in [0.1, 0.15) is 5.56 Å². The third-order valence-electron chi connectivity index (χ3n) is 3.94. The van der Waals surface area contributed by atoms with Crippen LogP contribution in [0.15, 0.2) is 54.6 Å². The van der Waals surface area contributed by atoms with E-state index in [2.05, 4.69) is 24.3 Å². The van der Waals surface area contributed by atoms with E-state index in [4.69, 9.17) is 4.98 Å². The highest BCUT2D eigenvalue weighted by Crippen LogP contribution is 2.35. The summed E-state index contributed by atoms with van der Waals surface area (Å²) < 4.78 is 1.20. The summed E-state index contributed by atoms with van der Waals surface area (Å²) in [6.45, 7) is 0. The van der Waals surface area contributed by atoms with E-state index in [-0.39, 0.29) is 0 Å². The van der Waals surface area contributed by atoms with Crippen molar-refractivity contribution in [3.63, 3.8) is 0 Å². The summed E-state index contributed by atoms with van der Waals surface area (Å²) in [7, 11) is 0. The minimum absolute atomic E-state index is 0.375. The summed E-state index contributed by atoms with van der Waals surface area (Å²) in [5, 5.41) is 13.4. The monoisotopic (exact) mass is 337 g/mol. The second kappa shape index (κ2) is 5.87. The fourth-order valence-electron chi connectivity index (χ4n) is 2.81. The number of phenolic OH excluding ortho intramolecular Hbond substituents is 1. The van der Waals surface area contributed by atoms with Gasteiger partial charge in [0.15, 0.2) is 0 Å². The third-order valence-corrected chi connectivity index (χ3v) is 5.60.